The molecule has 1 amide bonds. The van der Waals surface area contributed by atoms with Crippen LogP contribution in [0.5, 0.6) is 0 Å². The molecule has 0 unspecified atom stereocenters. The zero-order chi connectivity index (χ0) is 18.1. The molecule has 9 heteroatoms. The fraction of sp³-hybridized carbons (Fsp3) is 0.500. The van der Waals surface area contributed by atoms with E-state index in [0.717, 1.165) is 12.8 Å². The molecule has 2 aromatic rings. The van der Waals surface area contributed by atoms with Gasteiger partial charge in [-0.05, 0) is 40.9 Å². The lowest BCUT2D eigenvalue weighted by Gasteiger charge is -2.14. The van der Waals surface area contributed by atoms with Gasteiger partial charge in [0.05, 0.1) is 12.6 Å². The number of alkyl halides is 1. The number of hydrogen-bond donors (Lipinski definition) is 1. The second kappa shape index (κ2) is 10.1. The molecular formula is C16H20BrFN4O3. The van der Waals surface area contributed by atoms with Crippen LogP contribution in [-0.4, -0.2) is 40.6 Å². The topological polar surface area (TPSA) is 90.1 Å². The number of ether oxygens (including phenoxy) is 1. The number of carbonyl (C=O) groups is 1. The predicted molar refractivity (Wildman–Crippen MR) is 92.7 cm³/mol. The van der Waals surface area contributed by atoms with Crippen LogP contribution < -0.4 is 5.32 Å². The van der Waals surface area contributed by atoms with Crippen LogP contribution in [0, 0.1) is 0 Å². The van der Waals surface area contributed by atoms with Crippen molar-refractivity contribution in [2.75, 3.05) is 13.3 Å². The van der Waals surface area contributed by atoms with E-state index >= 15 is 0 Å². The Hall–Kier alpha value is -2.03. The quantitative estimate of drug-likeness (QED) is 0.496. The van der Waals surface area contributed by atoms with Crippen LogP contribution in [0.4, 0.5) is 9.18 Å². The van der Waals surface area contributed by atoms with Gasteiger partial charge in [0.2, 0.25) is 5.89 Å². The van der Waals surface area contributed by atoms with Crippen molar-refractivity contribution in [2.45, 2.75) is 38.6 Å². The summed E-state index contributed by atoms with van der Waals surface area (Å²) in [6.07, 6.45) is 1.76. The standard InChI is InChI=1S/C16H20BrFN4O3/c1-2-3-9-24-16(23)19-11(10-18)7-8-14-21-22-15(25-14)12-5-4-6-13(17)20-12/h4-6,11H,2-3,7-10H2,1H3,(H,19,23)/t11-/m1/s1. The van der Waals surface area contributed by atoms with Crippen molar-refractivity contribution in [3.8, 4) is 11.6 Å². The lowest BCUT2D eigenvalue weighted by Crippen LogP contribution is -2.37. The van der Waals surface area contributed by atoms with Gasteiger partial charge in [0.25, 0.3) is 5.89 Å². The van der Waals surface area contributed by atoms with E-state index in [9.17, 15) is 9.18 Å². The Morgan fingerprint density at radius 1 is 1.44 bits per heavy atom. The zero-order valence-corrected chi connectivity index (χ0v) is 15.5. The van der Waals surface area contributed by atoms with Crippen LogP contribution in [0.25, 0.3) is 11.6 Å². The highest BCUT2D eigenvalue weighted by Crippen LogP contribution is 2.18. The van der Waals surface area contributed by atoms with Crippen molar-refractivity contribution in [3.63, 3.8) is 0 Å². The summed E-state index contributed by atoms with van der Waals surface area (Å²) in [6.45, 7) is 1.62. The molecule has 25 heavy (non-hydrogen) atoms. The molecule has 2 rings (SSSR count). The molecule has 0 aliphatic rings. The molecule has 136 valence electrons. The Morgan fingerprint density at radius 3 is 3.00 bits per heavy atom. The minimum Gasteiger partial charge on any atom is -0.450 e. The van der Waals surface area contributed by atoms with Crippen molar-refractivity contribution in [1.82, 2.24) is 20.5 Å². The van der Waals surface area contributed by atoms with Gasteiger partial charge in [-0.2, -0.15) is 0 Å². The van der Waals surface area contributed by atoms with Gasteiger partial charge in [-0.15, -0.1) is 10.2 Å². The molecule has 7 nitrogen and oxygen atoms in total. The normalized spacial score (nSPS) is 12.0. The van der Waals surface area contributed by atoms with Crippen LogP contribution in [0.15, 0.2) is 27.2 Å². The minimum atomic E-state index is -0.697. The smallest absolute Gasteiger partial charge is 0.407 e. The number of pyridine rings is 1. The average molecular weight is 415 g/mol. The number of nitrogens with one attached hydrogen (secondary N) is 1. The number of halogens is 2. The second-order valence-corrected chi connectivity index (χ2v) is 6.18. The third-order valence-corrected chi connectivity index (χ3v) is 3.79. The number of carbonyl (C=O) groups excluding carboxylic acids is 1. The summed E-state index contributed by atoms with van der Waals surface area (Å²) in [4.78, 5) is 15.8. The minimum absolute atomic E-state index is 0.292. The van der Waals surface area contributed by atoms with E-state index in [1.807, 2.05) is 13.0 Å². The van der Waals surface area contributed by atoms with Crippen LogP contribution in [0.1, 0.15) is 32.1 Å². The third kappa shape index (κ3) is 6.41. The highest BCUT2D eigenvalue weighted by atomic mass is 79.9. The van der Waals surface area contributed by atoms with E-state index < -0.39 is 18.8 Å². The first-order chi connectivity index (χ1) is 12.1. The van der Waals surface area contributed by atoms with Gasteiger partial charge in [0.1, 0.15) is 17.0 Å². The molecule has 0 radical (unpaired) electrons. The Morgan fingerprint density at radius 2 is 2.28 bits per heavy atom. The summed E-state index contributed by atoms with van der Waals surface area (Å²) in [7, 11) is 0. The van der Waals surface area contributed by atoms with Crippen molar-refractivity contribution in [2.24, 2.45) is 0 Å². The highest BCUT2D eigenvalue weighted by Gasteiger charge is 2.16. The Kier molecular flexibility index (Phi) is 7.77. The summed E-state index contributed by atoms with van der Waals surface area (Å²) in [5.41, 5.74) is 0.549. The second-order valence-electron chi connectivity index (χ2n) is 5.37. The van der Waals surface area contributed by atoms with Crippen LogP contribution in [0.2, 0.25) is 0 Å². The van der Waals surface area contributed by atoms with Crippen molar-refractivity contribution in [1.29, 1.82) is 0 Å². The number of amides is 1. The van der Waals surface area contributed by atoms with Crippen LogP contribution in [0.3, 0.4) is 0 Å². The van der Waals surface area contributed by atoms with Crippen molar-refractivity contribution < 1.29 is 18.3 Å². The van der Waals surface area contributed by atoms with Gasteiger partial charge in [-0.25, -0.2) is 14.2 Å². The first-order valence-corrected chi connectivity index (χ1v) is 8.86. The maximum Gasteiger partial charge on any atom is 0.407 e. The molecule has 0 saturated carbocycles. The fourth-order valence-corrected chi connectivity index (χ4v) is 2.33. The Balaban J connectivity index is 1.84. The number of hydrogen-bond acceptors (Lipinski definition) is 6. The molecule has 0 aliphatic heterocycles. The van der Waals surface area contributed by atoms with E-state index in [1.54, 1.807) is 12.1 Å². The number of rotatable bonds is 9. The number of alkyl carbamates (subject to hydrolysis) is 1. The molecule has 1 atom stereocenters. The SMILES string of the molecule is CCCCOC(=O)N[C@@H](CF)CCc1nnc(-c2cccc(Br)n2)o1. The number of aryl methyl sites for hydroxylation is 1. The van der Waals surface area contributed by atoms with Crippen molar-refractivity contribution >= 4 is 22.0 Å². The molecule has 0 bridgehead atoms. The molecule has 0 saturated heterocycles. The lowest BCUT2D eigenvalue weighted by molar-refractivity contribution is 0.137. The summed E-state index contributed by atoms with van der Waals surface area (Å²) in [6, 6.07) is 4.69. The van der Waals surface area contributed by atoms with Gasteiger partial charge < -0.3 is 14.5 Å². The van der Waals surface area contributed by atoms with Crippen molar-refractivity contribution in [3.05, 3.63) is 28.7 Å². The van der Waals surface area contributed by atoms with Gasteiger partial charge in [0.15, 0.2) is 0 Å². The summed E-state index contributed by atoms with van der Waals surface area (Å²) in [5.74, 6) is 0.649. The zero-order valence-electron chi connectivity index (χ0n) is 13.9. The first kappa shape index (κ1) is 19.3. The maximum atomic E-state index is 13.1. The number of aromatic nitrogens is 3. The number of unbranched alkanes of at least 4 members (excludes halogenated alkanes) is 1. The van der Waals surface area contributed by atoms with E-state index in [2.05, 4.69) is 36.4 Å². The van der Waals surface area contributed by atoms with Crippen LogP contribution in [-0.2, 0) is 11.2 Å². The lowest BCUT2D eigenvalue weighted by atomic mass is 10.2. The number of nitrogens with zero attached hydrogens (tertiary/aromatic N) is 3. The monoisotopic (exact) mass is 414 g/mol. The van der Waals surface area contributed by atoms with Gasteiger partial charge in [-0.3, -0.25) is 0 Å². The van der Waals surface area contributed by atoms with E-state index in [1.165, 1.54) is 0 Å². The molecule has 0 aliphatic carbocycles. The first-order valence-electron chi connectivity index (χ1n) is 8.07. The molecule has 0 spiro atoms. The maximum absolute atomic E-state index is 13.1. The largest absolute Gasteiger partial charge is 0.450 e. The molecule has 1 N–H and O–H groups in total. The molecule has 2 heterocycles. The molecule has 2 aromatic heterocycles. The average Bonchev–Trinajstić information content (AvgIpc) is 3.08. The van der Waals surface area contributed by atoms with Gasteiger partial charge in [-0.1, -0.05) is 19.4 Å². The third-order valence-electron chi connectivity index (χ3n) is 3.35. The van der Waals surface area contributed by atoms with E-state index in [4.69, 9.17) is 9.15 Å². The van der Waals surface area contributed by atoms with E-state index in [-0.39, 0.29) is 0 Å². The molecular weight excluding hydrogens is 395 g/mol. The highest BCUT2D eigenvalue weighted by molar-refractivity contribution is 9.10. The molecule has 0 fully saturated rings. The molecule has 0 aromatic carbocycles. The van der Waals surface area contributed by atoms with Gasteiger partial charge >= 0.3 is 6.09 Å². The predicted octanol–water partition coefficient (Wildman–Crippen LogP) is 3.69. The Labute approximate surface area is 153 Å². The summed E-state index contributed by atoms with van der Waals surface area (Å²) in [5, 5.41) is 10.4. The summed E-state index contributed by atoms with van der Waals surface area (Å²) < 4.78 is 24.2. The summed E-state index contributed by atoms with van der Waals surface area (Å²) >= 11 is 3.28. The van der Waals surface area contributed by atoms with E-state index in [0.29, 0.717) is 41.5 Å². The fourth-order valence-electron chi connectivity index (χ4n) is 1.99. The Bertz CT molecular complexity index is 683. The van der Waals surface area contributed by atoms with Crippen LogP contribution >= 0.6 is 15.9 Å². The van der Waals surface area contributed by atoms with Gasteiger partial charge in [0, 0.05) is 6.42 Å².